The Hall–Kier alpha value is -1.52. The van der Waals surface area contributed by atoms with Crippen LogP contribution in [0.4, 0.5) is 11.6 Å². The van der Waals surface area contributed by atoms with Gasteiger partial charge in [-0.25, -0.2) is 9.97 Å². The fourth-order valence-electron chi connectivity index (χ4n) is 2.57. The number of piperazine rings is 1. The van der Waals surface area contributed by atoms with Crippen LogP contribution in [0.25, 0.3) is 0 Å². The van der Waals surface area contributed by atoms with Gasteiger partial charge in [0.2, 0.25) is 5.95 Å². The van der Waals surface area contributed by atoms with Gasteiger partial charge in [0.1, 0.15) is 0 Å². The molecule has 0 atom stereocenters. The fourth-order valence-corrected chi connectivity index (χ4v) is 2.98. The van der Waals surface area contributed by atoms with Crippen LogP contribution in [0.1, 0.15) is 5.56 Å². The van der Waals surface area contributed by atoms with Crippen molar-refractivity contribution in [1.82, 2.24) is 9.97 Å². The summed E-state index contributed by atoms with van der Waals surface area (Å²) < 4.78 is 0. The monoisotopic (exact) mass is 322 g/mol. The zero-order valence-electron chi connectivity index (χ0n) is 11.5. The Morgan fingerprint density at radius 1 is 1.00 bits per heavy atom. The van der Waals surface area contributed by atoms with Crippen LogP contribution in [0.2, 0.25) is 5.02 Å². The molecule has 4 nitrogen and oxygen atoms in total. The standard InChI is InChI=1S/C15H16Cl2N4/c16-11-12-10-13(17)2-3-14(12)20-6-8-21(9-7-20)15-18-4-1-5-19-15/h1-5,10H,6-9,11H2. The Morgan fingerprint density at radius 2 is 1.67 bits per heavy atom. The number of hydrogen-bond acceptors (Lipinski definition) is 4. The van der Waals surface area contributed by atoms with Crippen LogP contribution in [-0.2, 0) is 5.88 Å². The van der Waals surface area contributed by atoms with Crippen LogP contribution in [0.5, 0.6) is 0 Å². The highest BCUT2D eigenvalue weighted by atomic mass is 35.5. The molecular formula is C15H16Cl2N4. The minimum atomic E-state index is 0.470. The van der Waals surface area contributed by atoms with Gasteiger partial charge < -0.3 is 9.80 Å². The number of nitrogens with zero attached hydrogens (tertiary/aromatic N) is 4. The van der Waals surface area contributed by atoms with E-state index in [1.54, 1.807) is 12.4 Å². The lowest BCUT2D eigenvalue weighted by Crippen LogP contribution is -2.47. The van der Waals surface area contributed by atoms with Crippen molar-refractivity contribution < 1.29 is 0 Å². The first-order valence-corrected chi connectivity index (χ1v) is 7.80. The predicted molar refractivity (Wildman–Crippen MR) is 87.5 cm³/mol. The van der Waals surface area contributed by atoms with E-state index in [9.17, 15) is 0 Å². The van der Waals surface area contributed by atoms with Crippen LogP contribution in [-0.4, -0.2) is 36.1 Å². The zero-order chi connectivity index (χ0) is 14.7. The summed E-state index contributed by atoms with van der Waals surface area (Å²) in [4.78, 5) is 13.1. The van der Waals surface area contributed by atoms with Gasteiger partial charge in [0.25, 0.3) is 0 Å². The van der Waals surface area contributed by atoms with Gasteiger partial charge in [-0.2, -0.15) is 0 Å². The van der Waals surface area contributed by atoms with Crippen molar-refractivity contribution in [1.29, 1.82) is 0 Å². The van der Waals surface area contributed by atoms with Crippen molar-refractivity contribution >= 4 is 34.8 Å². The first kappa shape index (κ1) is 14.4. The third-order valence-corrected chi connectivity index (χ3v) is 4.16. The highest BCUT2D eigenvalue weighted by Gasteiger charge is 2.20. The van der Waals surface area contributed by atoms with E-state index in [1.807, 2.05) is 18.2 Å². The highest BCUT2D eigenvalue weighted by molar-refractivity contribution is 6.30. The highest BCUT2D eigenvalue weighted by Crippen LogP contribution is 2.27. The summed E-state index contributed by atoms with van der Waals surface area (Å²) in [5, 5.41) is 0.728. The SMILES string of the molecule is ClCc1cc(Cl)ccc1N1CCN(c2ncccn2)CC1. The van der Waals surface area contributed by atoms with Crippen LogP contribution in [0.3, 0.4) is 0 Å². The molecule has 3 rings (SSSR count). The molecule has 6 heteroatoms. The predicted octanol–water partition coefficient (Wildman–Crippen LogP) is 3.20. The lowest BCUT2D eigenvalue weighted by atomic mass is 10.1. The Labute approximate surface area is 134 Å². The molecule has 0 spiro atoms. The van der Waals surface area contributed by atoms with Crippen LogP contribution >= 0.6 is 23.2 Å². The molecule has 1 aliphatic rings. The van der Waals surface area contributed by atoms with Crippen molar-refractivity contribution in [2.24, 2.45) is 0 Å². The van der Waals surface area contributed by atoms with E-state index in [0.717, 1.165) is 42.7 Å². The van der Waals surface area contributed by atoms with E-state index in [-0.39, 0.29) is 0 Å². The first-order chi connectivity index (χ1) is 10.3. The molecule has 0 aliphatic carbocycles. The quantitative estimate of drug-likeness (QED) is 0.812. The number of halogens is 2. The maximum Gasteiger partial charge on any atom is 0.225 e. The molecule has 2 heterocycles. The van der Waals surface area contributed by atoms with Gasteiger partial charge in [-0.05, 0) is 29.8 Å². The Bertz CT molecular complexity index is 598. The Balaban J connectivity index is 1.71. The summed E-state index contributed by atoms with van der Waals surface area (Å²) in [6, 6.07) is 7.74. The molecule has 0 saturated carbocycles. The van der Waals surface area contributed by atoms with Crippen molar-refractivity contribution in [3.8, 4) is 0 Å². The van der Waals surface area contributed by atoms with Gasteiger partial charge in [0.05, 0.1) is 0 Å². The average Bonchev–Trinajstić information content (AvgIpc) is 2.56. The second kappa shape index (κ2) is 6.50. The molecule has 0 N–H and O–H groups in total. The Morgan fingerprint density at radius 3 is 2.33 bits per heavy atom. The summed E-state index contributed by atoms with van der Waals surface area (Å²) in [6.07, 6.45) is 3.55. The van der Waals surface area contributed by atoms with E-state index in [0.29, 0.717) is 5.88 Å². The van der Waals surface area contributed by atoms with Crippen LogP contribution in [0, 0.1) is 0 Å². The summed E-state index contributed by atoms with van der Waals surface area (Å²) in [7, 11) is 0. The first-order valence-electron chi connectivity index (χ1n) is 6.89. The minimum Gasteiger partial charge on any atom is -0.368 e. The molecule has 1 aliphatic heterocycles. The zero-order valence-corrected chi connectivity index (χ0v) is 13.1. The lowest BCUT2D eigenvalue weighted by Gasteiger charge is -2.36. The number of hydrogen-bond donors (Lipinski definition) is 0. The number of benzene rings is 1. The molecule has 0 bridgehead atoms. The van der Waals surface area contributed by atoms with Crippen molar-refractivity contribution in [2.75, 3.05) is 36.0 Å². The minimum absolute atomic E-state index is 0.470. The number of alkyl halides is 1. The number of anilines is 2. The topological polar surface area (TPSA) is 32.3 Å². The molecule has 1 aromatic heterocycles. The second-order valence-electron chi connectivity index (χ2n) is 4.93. The smallest absolute Gasteiger partial charge is 0.225 e. The maximum absolute atomic E-state index is 6.04. The third-order valence-electron chi connectivity index (χ3n) is 3.64. The maximum atomic E-state index is 6.04. The second-order valence-corrected chi connectivity index (χ2v) is 5.63. The number of aromatic nitrogens is 2. The molecule has 1 aromatic carbocycles. The van der Waals surface area contributed by atoms with E-state index in [1.165, 1.54) is 5.69 Å². The van der Waals surface area contributed by atoms with Gasteiger partial charge in [-0.1, -0.05) is 11.6 Å². The van der Waals surface area contributed by atoms with Crippen LogP contribution < -0.4 is 9.80 Å². The largest absolute Gasteiger partial charge is 0.368 e. The average molecular weight is 323 g/mol. The van der Waals surface area contributed by atoms with Crippen molar-refractivity contribution in [3.63, 3.8) is 0 Å². The molecule has 0 amide bonds. The van der Waals surface area contributed by atoms with E-state index < -0.39 is 0 Å². The van der Waals surface area contributed by atoms with Gasteiger partial charge >= 0.3 is 0 Å². The lowest BCUT2D eigenvalue weighted by molar-refractivity contribution is 0.639. The molecule has 0 unspecified atom stereocenters. The van der Waals surface area contributed by atoms with Crippen molar-refractivity contribution in [3.05, 3.63) is 47.2 Å². The van der Waals surface area contributed by atoms with Crippen LogP contribution in [0.15, 0.2) is 36.7 Å². The Kier molecular flexibility index (Phi) is 4.46. The van der Waals surface area contributed by atoms with E-state index in [2.05, 4.69) is 25.8 Å². The van der Waals surface area contributed by atoms with Gasteiger partial charge in [-0.15, -0.1) is 11.6 Å². The molecule has 21 heavy (non-hydrogen) atoms. The van der Waals surface area contributed by atoms with Crippen molar-refractivity contribution in [2.45, 2.75) is 5.88 Å². The van der Waals surface area contributed by atoms with E-state index in [4.69, 9.17) is 23.2 Å². The van der Waals surface area contributed by atoms with E-state index >= 15 is 0 Å². The fraction of sp³-hybridized carbons (Fsp3) is 0.333. The van der Waals surface area contributed by atoms with Gasteiger partial charge in [0, 0.05) is 55.2 Å². The number of rotatable bonds is 3. The third kappa shape index (κ3) is 3.22. The normalized spacial score (nSPS) is 15.3. The summed E-state index contributed by atoms with van der Waals surface area (Å²) in [5.41, 5.74) is 2.25. The summed E-state index contributed by atoms with van der Waals surface area (Å²) >= 11 is 12.1. The van der Waals surface area contributed by atoms with Gasteiger partial charge in [-0.3, -0.25) is 0 Å². The molecule has 0 radical (unpaired) electrons. The molecule has 1 saturated heterocycles. The summed E-state index contributed by atoms with van der Waals surface area (Å²) in [5.74, 6) is 1.27. The molecule has 110 valence electrons. The molecular weight excluding hydrogens is 307 g/mol. The van der Waals surface area contributed by atoms with Gasteiger partial charge in [0.15, 0.2) is 0 Å². The summed E-state index contributed by atoms with van der Waals surface area (Å²) in [6.45, 7) is 3.64. The molecule has 1 fully saturated rings. The molecule has 2 aromatic rings.